The van der Waals surface area contributed by atoms with Gasteiger partial charge in [0.2, 0.25) is 5.91 Å². The molecule has 84 valence electrons. The first kappa shape index (κ1) is 13.4. The summed E-state index contributed by atoms with van der Waals surface area (Å²) >= 11 is 0. The third kappa shape index (κ3) is 9.52. The Bertz CT molecular complexity index is 137. The number of hydrogen-bond donors (Lipinski definition) is 1. The van der Waals surface area contributed by atoms with Crippen molar-refractivity contribution in [1.82, 2.24) is 5.32 Å². The van der Waals surface area contributed by atoms with Crippen molar-refractivity contribution in [1.29, 1.82) is 0 Å². The fourth-order valence-electron chi connectivity index (χ4n) is 1.07. The van der Waals surface area contributed by atoms with E-state index < -0.39 is 0 Å². The van der Waals surface area contributed by atoms with Gasteiger partial charge in [-0.1, -0.05) is 33.1 Å². The zero-order valence-corrected chi connectivity index (χ0v) is 9.47. The van der Waals surface area contributed by atoms with Crippen LogP contribution in [0.2, 0.25) is 0 Å². The number of carbonyl (C=O) groups is 1. The van der Waals surface area contributed by atoms with Crippen molar-refractivity contribution in [3.8, 4) is 0 Å². The van der Waals surface area contributed by atoms with Gasteiger partial charge in [0.1, 0.15) is 6.61 Å². The highest BCUT2D eigenvalue weighted by atomic mass is 16.5. The highest BCUT2D eigenvalue weighted by molar-refractivity contribution is 5.77. The molecule has 0 aromatic carbocycles. The average Bonchev–Trinajstić information content (AvgIpc) is 2.18. The van der Waals surface area contributed by atoms with Crippen molar-refractivity contribution in [2.45, 2.75) is 46.0 Å². The minimum Gasteiger partial charge on any atom is -0.372 e. The van der Waals surface area contributed by atoms with Gasteiger partial charge in [0.05, 0.1) is 0 Å². The van der Waals surface area contributed by atoms with Gasteiger partial charge in [-0.2, -0.15) is 0 Å². The summed E-state index contributed by atoms with van der Waals surface area (Å²) in [5.41, 5.74) is 0. The molecule has 0 aromatic heterocycles. The van der Waals surface area contributed by atoms with Gasteiger partial charge in [-0.3, -0.25) is 4.79 Å². The van der Waals surface area contributed by atoms with Gasteiger partial charge in [0.15, 0.2) is 0 Å². The van der Waals surface area contributed by atoms with E-state index in [9.17, 15) is 4.79 Å². The predicted octanol–water partition coefficient (Wildman–Crippen LogP) is 2.11. The molecule has 0 heterocycles. The third-order valence-electron chi connectivity index (χ3n) is 1.98. The molecule has 0 aliphatic heterocycles. The second-order valence-electron chi connectivity index (χ2n) is 3.46. The molecule has 0 aromatic rings. The Morgan fingerprint density at radius 2 is 1.86 bits per heavy atom. The molecular weight excluding hydrogens is 178 g/mol. The molecule has 1 amide bonds. The summed E-state index contributed by atoms with van der Waals surface area (Å²) in [7, 11) is 0. The van der Waals surface area contributed by atoms with Gasteiger partial charge in [0.25, 0.3) is 0 Å². The molecule has 0 unspecified atom stereocenters. The van der Waals surface area contributed by atoms with Crippen molar-refractivity contribution in [2.24, 2.45) is 0 Å². The Labute approximate surface area is 87.2 Å². The maximum Gasteiger partial charge on any atom is 0.245 e. The number of ether oxygens (including phenoxy) is 1. The monoisotopic (exact) mass is 201 g/mol. The van der Waals surface area contributed by atoms with E-state index in [0.717, 1.165) is 25.8 Å². The predicted molar refractivity (Wildman–Crippen MR) is 58.3 cm³/mol. The van der Waals surface area contributed by atoms with Gasteiger partial charge < -0.3 is 10.1 Å². The number of nitrogens with one attached hydrogen (secondary N) is 1. The molecule has 0 atom stereocenters. The molecule has 0 saturated carbocycles. The minimum absolute atomic E-state index is 0.00921. The van der Waals surface area contributed by atoms with E-state index in [4.69, 9.17) is 4.74 Å². The summed E-state index contributed by atoms with van der Waals surface area (Å²) < 4.78 is 5.22. The lowest BCUT2D eigenvalue weighted by Crippen LogP contribution is -2.28. The van der Waals surface area contributed by atoms with Crippen molar-refractivity contribution in [3.63, 3.8) is 0 Å². The summed E-state index contributed by atoms with van der Waals surface area (Å²) in [6.07, 6.45) is 5.57. The van der Waals surface area contributed by atoms with E-state index >= 15 is 0 Å². The van der Waals surface area contributed by atoms with E-state index in [0.29, 0.717) is 6.61 Å². The molecule has 14 heavy (non-hydrogen) atoms. The van der Waals surface area contributed by atoms with Crippen LogP contribution >= 0.6 is 0 Å². The van der Waals surface area contributed by atoms with Gasteiger partial charge >= 0.3 is 0 Å². The summed E-state index contributed by atoms with van der Waals surface area (Å²) in [6, 6.07) is 0. The fourth-order valence-corrected chi connectivity index (χ4v) is 1.07. The molecular formula is C11H23NO2. The number of carbonyl (C=O) groups excluding carboxylic acids is 1. The van der Waals surface area contributed by atoms with Crippen LogP contribution in [0.15, 0.2) is 0 Å². The van der Waals surface area contributed by atoms with Crippen LogP contribution in [0.25, 0.3) is 0 Å². The molecule has 1 N–H and O–H groups in total. The molecule has 0 aliphatic rings. The van der Waals surface area contributed by atoms with E-state index in [1.165, 1.54) is 12.8 Å². The van der Waals surface area contributed by atoms with Crippen LogP contribution in [0, 0.1) is 0 Å². The average molecular weight is 201 g/mol. The lowest BCUT2D eigenvalue weighted by atomic mass is 10.3. The molecule has 0 fully saturated rings. The zero-order chi connectivity index (χ0) is 10.6. The Kier molecular flexibility index (Phi) is 10.1. The maximum atomic E-state index is 11.1. The van der Waals surface area contributed by atoms with Crippen LogP contribution in [-0.2, 0) is 9.53 Å². The standard InChI is InChI=1S/C11H23NO2/c1-3-5-7-9-14-10-11(13)12-8-6-4-2/h3-10H2,1-2H3,(H,12,13). The van der Waals surface area contributed by atoms with Crippen molar-refractivity contribution >= 4 is 5.91 Å². The lowest BCUT2D eigenvalue weighted by molar-refractivity contribution is -0.125. The Morgan fingerprint density at radius 1 is 1.14 bits per heavy atom. The largest absolute Gasteiger partial charge is 0.372 e. The van der Waals surface area contributed by atoms with Gasteiger partial charge in [-0.25, -0.2) is 0 Å². The molecule has 3 heteroatoms. The zero-order valence-electron chi connectivity index (χ0n) is 9.47. The number of unbranched alkanes of at least 4 members (excludes halogenated alkanes) is 3. The Hall–Kier alpha value is -0.570. The van der Waals surface area contributed by atoms with Gasteiger partial charge in [-0.05, 0) is 12.8 Å². The molecule has 0 rings (SSSR count). The summed E-state index contributed by atoms with van der Waals surface area (Å²) in [5.74, 6) is 0.00921. The van der Waals surface area contributed by atoms with Gasteiger partial charge in [0, 0.05) is 13.2 Å². The van der Waals surface area contributed by atoms with E-state index in [1.807, 2.05) is 0 Å². The van der Waals surface area contributed by atoms with Crippen LogP contribution in [0.1, 0.15) is 46.0 Å². The summed E-state index contributed by atoms with van der Waals surface area (Å²) in [4.78, 5) is 11.1. The highest BCUT2D eigenvalue weighted by Gasteiger charge is 1.98. The molecule has 0 aliphatic carbocycles. The fraction of sp³-hybridized carbons (Fsp3) is 0.909. The summed E-state index contributed by atoms with van der Waals surface area (Å²) in [5, 5.41) is 2.81. The second kappa shape index (κ2) is 10.5. The highest BCUT2D eigenvalue weighted by Crippen LogP contribution is 1.93. The maximum absolute atomic E-state index is 11.1. The van der Waals surface area contributed by atoms with Crippen LogP contribution < -0.4 is 5.32 Å². The topological polar surface area (TPSA) is 38.3 Å². The summed E-state index contributed by atoms with van der Waals surface area (Å²) in [6.45, 7) is 5.95. The third-order valence-corrected chi connectivity index (χ3v) is 1.98. The van der Waals surface area contributed by atoms with Crippen molar-refractivity contribution in [3.05, 3.63) is 0 Å². The van der Waals surface area contributed by atoms with Crippen LogP contribution in [0.3, 0.4) is 0 Å². The van der Waals surface area contributed by atoms with E-state index in [1.54, 1.807) is 0 Å². The van der Waals surface area contributed by atoms with E-state index in [2.05, 4.69) is 19.2 Å². The second-order valence-corrected chi connectivity index (χ2v) is 3.46. The molecule has 0 bridgehead atoms. The van der Waals surface area contributed by atoms with E-state index in [-0.39, 0.29) is 12.5 Å². The molecule has 0 spiro atoms. The lowest BCUT2D eigenvalue weighted by Gasteiger charge is -2.05. The smallest absolute Gasteiger partial charge is 0.245 e. The molecule has 0 saturated heterocycles. The van der Waals surface area contributed by atoms with Crippen molar-refractivity contribution in [2.75, 3.05) is 19.8 Å². The molecule has 3 nitrogen and oxygen atoms in total. The Morgan fingerprint density at radius 3 is 2.50 bits per heavy atom. The normalized spacial score (nSPS) is 10.1. The first-order chi connectivity index (χ1) is 6.81. The van der Waals surface area contributed by atoms with Crippen LogP contribution in [-0.4, -0.2) is 25.7 Å². The minimum atomic E-state index is 0.00921. The SMILES string of the molecule is CCCCCOCC(=O)NCCCC. The number of amides is 1. The molecule has 0 radical (unpaired) electrons. The van der Waals surface area contributed by atoms with Gasteiger partial charge in [-0.15, -0.1) is 0 Å². The number of hydrogen-bond acceptors (Lipinski definition) is 2. The quantitative estimate of drug-likeness (QED) is 0.580. The van der Waals surface area contributed by atoms with Crippen molar-refractivity contribution < 1.29 is 9.53 Å². The number of rotatable bonds is 9. The first-order valence-electron chi connectivity index (χ1n) is 5.65. The van der Waals surface area contributed by atoms with Crippen LogP contribution in [0.4, 0.5) is 0 Å². The van der Waals surface area contributed by atoms with Crippen LogP contribution in [0.5, 0.6) is 0 Å². The first-order valence-corrected chi connectivity index (χ1v) is 5.65. The Balaban J connectivity index is 3.10.